The van der Waals surface area contributed by atoms with Crippen LogP contribution in [0.15, 0.2) is 35.3 Å². The molecule has 2 aliphatic heterocycles. The van der Waals surface area contributed by atoms with Crippen LogP contribution in [-0.4, -0.2) is 70.1 Å². The molecule has 2 aliphatic rings. The summed E-state index contributed by atoms with van der Waals surface area (Å²) < 4.78 is 1.84. The van der Waals surface area contributed by atoms with Crippen molar-refractivity contribution >= 4 is 39.6 Å². The molecule has 10 nitrogen and oxygen atoms in total. The summed E-state index contributed by atoms with van der Waals surface area (Å²) in [5.74, 6) is 1.31. The highest BCUT2D eigenvalue weighted by Crippen LogP contribution is 2.32. The van der Waals surface area contributed by atoms with Gasteiger partial charge in [-0.1, -0.05) is 12.1 Å². The van der Waals surface area contributed by atoms with Crippen LogP contribution in [0, 0.1) is 11.8 Å². The summed E-state index contributed by atoms with van der Waals surface area (Å²) in [7, 11) is 2.16. The number of imidazole rings is 1. The molecule has 0 spiro atoms. The summed E-state index contributed by atoms with van der Waals surface area (Å²) in [6, 6.07) is 7.66. The Kier molecular flexibility index (Phi) is 4.21. The number of para-hydroxylation sites is 2. The number of benzene rings is 1. The van der Waals surface area contributed by atoms with Crippen molar-refractivity contribution in [3.63, 3.8) is 0 Å². The number of aromatic amines is 1. The molecule has 0 radical (unpaired) electrons. The van der Waals surface area contributed by atoms with E-state index in [4.69, 9.17) is 10.7 Å². The number of likely N-dealkylation sites (tertiary alicyclic amines) is 1. The van der Waals surface area contributed by atoms with Crippen molar-refractivity contribution in [2.24, 2.45) is 17.6 Å². The number of pyridine rings is 1. The number of rotatable bonds is 3. The van der Waals surface area contributed by atoms with Gasteiger partial charge in [0.2, 0.25) is 11.4 Å². The van der Waals surface area contributed by atoms with Gasteiger partial charge in [-0.25, -0.2) is 4.98 Å². The molecule has 164 valence electrons. The molecule has 0 aliphatic carbocycles. The van der Waals surface area contributed by atoms with Crippen LogP contribution in [0.2, 0.25) is 0 Å². The molecule has 2 unspecified atom stereocenters. The number of nitrogens with zero attached hydrogens (tertiary/aromatic N) is 5. The van der Waals surface area contributed by atoms with Crippen LogP contribution in [0.25, 0.3) is 27.7 Å². The van der Waals surface area contributed by atoms with E-state index in [9.17, 15) is 9.59 Å². The van der Waals surface area contributed by atoms with Crippen LogP contribution in [-0.2, 0) is 0 Å². The maximum Gasteiger partial charge on any atom is 0.260 e. The average Bonchev–Trinajstić information content (AvgIpc) is 3.44. The van der Waals surface area contributed by atoms with Crippen molar-refractivity contribution in [3.05, 3.63) is 46.2 Å². The topological polar surface area (TPSA) is 125 Å². The number of nitrogens with two attached hydrogens (primary N) is 1. The molecular weight excluding hydrogens is 408 g/mol. The number of hydrogen-bond donors (Lipinski definition) is 3. The monoisotopic (exact) mass is 432 g/mol. The zero-order valence-electron chi connectivity index (χ0n) is 17.7. The van der Waals surface area contributed by atoms with Gasteiger partial charge in [-0.05, 0) is 31.0 Å². The molecule has 2 atom stereocenters. The third-order valence-electron chi connectivity index (χ3n) is 6.74. The standard InChI is InChI=1S/C22H24N8O2/c1-28-7-12-9-29(10-13(12)8-28)22-24-6-14-18(31)17(21(32)25-11-23)20-26-15-4-2-3-5-16(15)30(20)19(14)27-22/h2-6,12-13,26H,7-11,23H2,1H3,(H,25,32). The van der Waals surface area contributed by atoms with Crippen LogP contribution in [0.3, 0.4) is 0 Å². The van der Waals surface area contributed by atoms with Crippen molar-refractivity contribution in [3.8, 4) is 0 Å². The molecule has 4 aromatic rings. The van der Waals surface area contributed by atoms with E-state index < -0.39 is 11.3 Å². The van der Waals surface area contributed by atoms with Gasteiger partial charge >= 0.3 is 0 Å². The summed E-state index contributed by atoms with van der Waals surface area (Å²) in [5.41, 5.74) is 7.63. The minimum absolute atomic E-state index is 0.00856. The molecule has 4 N–H and O–H groups in total. The van der Waals surface area contributed by atoms with Gasteiger partial charge in [-0.2, -0.15) is 4.98 Å². The summed E-state index contributed by atoms with van der Waals surface area (Å²) in [5, 5.41) is 2.84. The molecule has 2 fully saturated rings. The van der Waals surface area contributed by atoms with Crippen molar-refractivity contribution in [2.75, 3.05) is 44.8 Å². The fraction of sp³-hybridized carbons (Fsp3) is 0.364. The molecule has 0 saturated carbocycles. The largest absolute Gasteiger partial charge is 0.340 e. The first-order valence-corrected chi connectivity index (χ1v) is 10.8. The van der Waals surface area contributed by atoms with E-state index in [-0.39, 0.29) is 12.2 Å². The molecule has 32 heavy (non-hydrogen) atoms. The fourth-order valence-electron chi connectivity index (χ4n) is 5.34. The zero-order valence-corrected chi connectivity index (χ0v) is 17.7. The number of amides is 1. The summed E-state index contributed by atoms with van der Waals surface area (Å²) >= 11 is 0. The van der Waals surface area contributed by atoms with Crippen LogP contribution in [0.4, 0.5) is 5.95 Å². The Bertz CT molecular complexity index is 1430. The fourth-order valence-corrected chi connectivity index (χ4v) is 5.34. The Morgan fingerprint density at radius 2 is 1.97 bits per heavy atom. The van der Waals surface area contributed by atoms with Crippen molar-refractivity contribution < 1.29 is 4.79 Å². The Morgan fingerprint density at radius 1 is 1.22 bits per heavy atom. The Balaban J connectivity index is 1.58. The van der Waals surface area contributed by atoms with Crippen LogP contribution in [0.1, 0.15) is 10.4 Å². The molecule has 5 heterocycles. The number of hydrogen-bond acceptors (Lipinski definition) is 7. The normalized spacial score (nSPS) is 21.1. The Morgan fingerprint density at radius 3 is 2.72 bits per heavy atom. The van der Waals surface area contributed by atoms with E-state index in [1.165, 1.54) is 0 Å². The third kappa shape index (κ3) is 2.73. The van der Waals surface area contributed by atoms with Gasteiger partial charge in [-0.15, -0.1) is 0 Å². The van der Waals surface area contributed by atoms with E-state index in [1.54, 1.807) is 6.20 Å². The SMILES string of the molecule is CN1CC2CN(c3ncc4c(=O)c(C(=O)NCN)c5[nH]c6ccccc6n5c4n3)CC2C1. The number of aromatic nitrogens is 4. The van der Waals surface area contributed by atoms with Gasteiger partial charge in [0.1, 0.15) is 11.2 Å². The van der Waals surface area contributed by atoms with Gasteiger partial charge < -0.3 is 25.8 Å². The lowest BCUT2D eigenvalue weighted by Gasteiger charge is -2.19. The summed E-state index contributed by atoms with van der Waals surface area (Å²) in [6.45, 7) is 3.92. The van der Waals surface area contributed by atoms with Gasteiger partial charge in [-0.3, -0.25) is 14.0 Å². The van der Waals surface area contributed by atoms with E-state index in [1.807, 2.05) is 28.7 Å². The summed E-state index contributed by atoms with van der Waals surface area (Å²) in [6.07, 6.45) is 1.55. The minimum Gasteiger partial charge on any atom is -0.340 e. The highest BCUT2D eigenvalue weighted by Gasteiger charge is 2.39. The molecular formula is C22H24N8O2. The first-order valence-electron chi connectivity index (χ1n) is 10.8. The second kappa shape index (κ2) is 7.01. The van der Waals surface area contributed by atoms with Gasteiger partial charge in [0, 0.05) is 32.4 Å². The van der Waals surface area contributed by atoms with Crippen molar-refractivity contribution in [2.45, 2.75) is 0 Å². The number of nitrogens with one attached hydrogen (secondary N) is 2. The number of H-pyrrole nitrogens is 1. The predicted molar refractivity (Wildman–Crippen MR) is 122 cm³/mol. The quantitative estimate of drug-likeness (QED) is 0.400. The molecule has 6 rings (SSSR count). The Labute approximate surface area is 183 Å². The lowest BCUT2D eigenvalue weighted by molar-refractivity contribution is 0.0955. The lowest BCUT2D eigenvalue weighted by Crippen LogP contribution is -2.34. The van der Waals surface area contributed by atoms with Gasteiger partial charge in [0.05, 0.1) is 23.1 Å². The number of carbonyl (C=O) groups is 1. The molecule has 1 aromatic carbocycles. The lowest BCUT2D eigenvalue weighted by atomic mass is 10.0. The van der Waals surface area contributed by atoms with Crippen LogP contribution < -0.4 is 21.4 Å². The van der Waals surface area contributed by atoms with E-state index in [0.29, 0.717) is 34.5 Å². The molecule has 1 amide bonds. The maximum atomic E-state index is 13.3. The first-order chi connectivity index (χ1) is 15.5. The minimum atomic E-state index is -0.524. The second-order valence-electron chi connectivity index (χ2n) is 8.79. The van der Waals surface area contributed by atoms with E-state index in [2.05, 4.69) is 32.1 Å². The van der Waals surface area contributed by atoms with E-state index in [0.717, 1.165) is 37.2 Å². The van der Waals surface area contributed by atoms with Crippen LogP contribution in [0.5, 0.6) is 0 Å². The zero-order chi connectivity index (χ0) is 22.0. The Hall–Kier alpha value is -3.50. The maximum absolute atomic E-state index is 13.3. The number of fused-ring (bicyclic) bond motifs is 6. The summed E-state index contributed by atoms with van der Waals surface area (Å²) in [4.78, 5) is 43.3. The molecule has 10 heteroatoms. The van der Waals surface area contributed by atoms with Crippen molar-refractivity contribution in [1.82, 2.24) is 29.6 Å². The molecule has 2 saturated heterocycles. The third-order valence-corrected chi connectivity index (χ3v) is 6.74. The number of anilines is 1. The highest BCUT2D eigenvalue weighted by atomic mass is 16.2. The second-order valence-corrected chi connectivity index (χ2v) is 8.79. The smallest absolute Gasteiger partial charge is 0.260 e. The van der Waals surface area contributed by atoms with Crippen LogP contribution >= 0.6 is 0 Å². The first kappa shape index (κ1) is 19.2. The van der Waals surface area contributed by atoms with E-state index >= 15 is 0 Å². The van der Waals surface area contributed by atoms with Gasteiger partial charge in [0.25, 0.3) is 5.91 Å². The molecule has 0 bridgehead atoms. The van der Waals surface area contributed by atoms with Crippen molar-refractivity contribution in [1.29, 1.82) is 0 Å². The average molecular weight is 432 g/mol. The molecule has 3 aromatic heterocycles. The highest BCUT2D eigenvalue weighted by molar-refractivity contribution is 6.05. The predicted octanol–water partition coefficient (Wildman–Crippen LogP) is 0.368. The van der Waals surface area contributed by atoms with Gasteiger partial charge in [0.15, 0.2) is 5.65 Å². The number of carbonyl (C=O) groups excluding carboxylic acids is 1.